The number of nitrogens with zero attached hydrogens (tertiary/aromatic N) is 2. The number of ketones is 4. The molecule has 210 valence electrons. The van der Waals surface area contributed by atoms with Crippen molar-refractivity contribution in [3.8, 4) is 17.0 Å². The first kappa shape index (κ1) is 27.0. The Balaban J connectivity index is 1.32. The topological polar surface area (TPSA) is 160 Å². The predicted octanol–water partition coefficient (Wildman–Crippen LogP) is 2.62. The van der Waals surface area contributed by atoms with Gasteiger partial charge in [0.15, 0.2) is 34.2 Å². The summed E-state index contributed by atoms with van der Waals surface area (Å²) in [5.41, 5.74) is 8.02. The zero-order valence-electron chi connectivity index (χ0n) is 22.4. The number of primary amides is 1. The Morgan fingerprint density at radius 1 is 1.02 bits per heavy atom. The molecule has 0 radical (unpaired) electrons. The van der Waals surface area contributed by atoms with Crippen LogP contribution in [0.25, 0.3) is 11.3 Å². The Labute approximate surface area is 239 Å². The van der Waals surface area contributed by atoms with Crippen molar-refractivity contribution in [2.24, 2.45) is 35.3 Å². The second-order valence-corrected chi connectivity index (χ2v) is 12.0. The van der Waals surface area contributed by atoms with Crippen LogP contribution in [0.15, 0.2) is 47.8 Å². The largest absolute Gasteiger partial charge is 0.505 e. The molecule has 3 aliphatic rings. The number of hydrogen-bond donors (Lipinski definition) is 3. The lowest BCUT2D eigenvalue weighted by Crippen LogP contribution is -2.64. The van der Waals surface area contributed by atoms with E-state index in [0.717, 1.165) is 11.3 Å². The van der Waals surface area contributed by atoms with Gasteiger partial charge in [0.2, 0.25) is 5.91 Å². The summed E-state index contributed by atoms with van der Waals surface area (Å²) >= 11 is 1.34. The smallest absolute Gasteiger partial charge is 0.235 e. The molecule has 0 aliphatic heterocycles. The van der Waals surface area contributed by atoms with E-state index in [1.807, 2.05) is 35.7 Å². The molecule has 10 nitrogen and oxygen atoms in total. The molecule has 4 N–H and O–H groups in total. The maximum Gasteiger partial charge on any atom is 0.235 e. The number of amides is 1. The van der Waals surface area contributed by atoms with E-state index in [1.165, 1.54) is 11.3 Å². The van der Waals surface area contributed by atoms with Crippen molar-refractivity contribution < 1.29 is 29.1 Å². The van der Waals surface area contributed by atoms with Crippen LogP contribution in [0.2, 0.25) is 0 Å². The summed E-state index contributed by atoms with van der Waals surface area (Å²) in [7, 11) is 3.31. The zero-order chi connectivity index (χ0) is 29.2. The molecule has 6 rings (SSSR count). The molecule has 2 fully saturated rings. The fourth-order valence-corrected chi connectivity index (χ4v) is 7.62. The normalized spacial score (nSPS) is 27.3. The number of phenolic OH excluding ortho intramolecular Hbond substituents is 1. The Bertz CT molecular complexity index is 1620. The van der Waals surface area contributed by atoms with Gasteiger partial charge in [0, 0.05) is 10.9 Å². The summed E-state index contributed by atoms with van der Waals surface area (Å²) in [5, 5.41) is 16.7. The van der Waals surface area contributed by atoms with Crippen LogP contribution >= 0.6 is 11.3 Å². The predicted molar refractivity (Wildman–Crippen MR) is 151 cm³/mol. The number of rotatable bonds is 5. The molecular formula is C30H28N4O6S. The average molecular weight is 573 g/mol. The Hall–Kier alpha value is -4.22. The summed E-state index contributed by atoms with van der Waals surface area (Å²) in [6.45, 7) is 0. The van der Waals surface area contributed by atoms with Crippen molar-refractivity contribution >= 4 is 51.2 Å². The monoisotopic (exact) mass is 572 g/mol. The van der Waals surface area contributed by atoms with E-state index in [1.54, 1.807) is 31.1 Å². The van der Waals surface area contributed by atoms with E-state index in [9.17, 15) is 29.1 Å². The molecule has 3 aliphatic carbocycles. The number of aromatic nitrogens is 1. The molecule has 1 amide bonds. The molecule has 6 atom stereocenters. The molecule has 11 heteroatoms. The first-order valence-electron chi connectivity index (χ1n) is 13.3. The van der Waals surface area contributed by atoms with E-state index in [4.69, 9.17) is 5.73 Å². The van der Waals surface area contributed by atoms with Crippen LogP contribution in [-0.2, 0) is 25.6 Å². The van der Waals surface area contributed by atoms with Gasteiger partial charge in [-0.2, -0.15) is 0 Å². The highest BCUT2D eigenvalue weighted by atomic mass is 32.1. The summed E-state index contributed by atoms with van der Waals surface area (Å²) in [6, 6.07) is 12.2. The number of benzene rings is 2. The third kappa shape index (κ3) is 4.27. The number of thiazole rings is 1. The number of aromatic hydroxyl groups is 1. The maximum atomic E-state index is 13.9. The van der Waals surface area contributed by atoms with Crippen LogP contribution < -0.4 is 11.1 Å². The number of likely N-dealkylation sites (N-methyl/N-ethyl adjacent to an activating group) is 1. The molecule has 2 aromatic carbocycles. The molecular weight excluding hydrogens is 544 g/mol. The second kappa shape index (κ2) is 10.0. The number of fused-ring (bicyclic) bond motifs is 3. The molecule has 1 heterocycles. The quantitative estimate of drug-likeness (QED) is 0.308. The highest BCUT2D eigenvalue weighted by Crippen LogP contribution is 2.49. The van der Waals surface area contributed by atoms with E-state index in [2.05, 4.69) is 10.3 Å². The third-order valence-corrected chi connectivity index (χ3v) is 9.35. The van der Waals surface area contributed by atoms with Gasteiger partial charge in [-0.15, -0.1) is 11.3 Å². The van der Waals surface area contributed by atoms with Gasteiger partial charge in [-0.3, -0.25) is 28.9 Å². The highest BCUT2D eigenvalue weighted by Gasteiger charge is 2.61. The van der Waals surface area contributed by atoms with Gasteiger partial charge < -0.3 is 16.2 Å². The van der Waals surface area contributed by atoms with Gasteiger partial charge in [0.25, 0.3) is 0 Å². The van der Waals surface area contributed by atoms with Gasteiger partial charge in [0.1, 0.15) is 5.75 Å². The minimum atomic E-state index is -1.72. The van der Waals surface area contributed by atoms with Gasteiger partial charge in [-0.1, -0.05) is 36.4 Å². The SMILES string of the molecule is CN(C)[C@@H]1C(=O)C(C(N)=O)C(=O)C2C(=O)C3C(=O)c4c(ccc(Nc5nc(-c6ccccc6)cs5)c4O)CC3CC21. The van der Waals surface area contributed by atoms with Crippen molar-refractivity contribution in [3.05, 3.63) is 59.0 Å². The lowest BCUT2D eigenvalue weighted by molar-refractivity contribution is -0.157. The van der Waals surface area contributed by atoms with Gasteiger partial charge in [0.05, 0.1) is 34.8 Å². The number of anilines is 2. The second-order valence-electron chi connectivity index (χ2n) is 11.2. The summed E-state index contributed by atoms with van der Waals surface area (Å²) in [4.78, 5) is 72.4. The van der Waals surface area contributed by atoms with Crippen LogP contribution in [0.4, 0.5) is 10.8 Å². The minimum absolute atomic E-state index is 0.0397. The lowest BCUT2D eigenvalue weighted by atomic mass is 9.54. The summed E-state index contributed by atoms with van der Waals surface area (Å²) < 4.78 is 0. The number of Topliss-reactive ketones (excluding diaryl/α,β-unsaturated/α-hetero) is 4. The van der Waals surface area contributed by atoms with Crippen molar-refractivity contribution in [2.75, 3.05) is 19.4 Å². The first-order chi connectivity index (χ1) is 19.6. The van der Waals surface area contributed by atoms with E-state index in [0.29, 0.717) is 17.1 Å². The molecule has 5 unspecified atom stereocenters. The van der Waals surface area contributed by atoms with Crippen molar-refractivity contribution in [1.29, 1.82) is 0 Å². The van der Waals surface area contributed by atoms with E-state index < -0.39 is 64.7 Å². The number of nitrogens with two attached hydrogens (primary N) is 1. The van der Waals surface area contributed by atoms with Crippen molar-refractivity contribution in [3.63, 3.8) is 0 Å². The van der Waals surface area contributed by atoms with Gasteiger partial charge in [-0.05, 0) is 50.4 Å². The number of carbonyl (C=O) groups excluding carboxylic acids is 5. The number of phenols is 1. The number of nitrogens with one attached hydrogen (secondary N) is 1. The van der Waals surface area contributed by atoms with Crippen LogP contribution in [0.3, 0.4) is 0 Å². The first-order valence-corrected chi connectivity index (χ1v) is 14.2. The molecule has 41 heavy (non-hydrogen) atoms. The van der Waals surface area contributed by atoms with Crippen molar-refractivity contribution in [1.82, 2.24) is 9.88 Å². The molecule has 0 spiro atoms. The summed E-state index contributed by atoms with van der Waals surface area (Å²) in [5.74, 6) is -9.27. The Morgan fingerprint density at radius 3 is 2.44 bits per heavy atom. The number of carbonyl (C=O) groups is 5. The lowest BCUT2D eigenvalue weighted by Gasteiger charge is -2.48. The maximum absolute atomic E-state index is 13.9. The minimum Gasteiger partial charge on any atom is -0.505 e. The van der Waals surface area contributed by atoms with Crippen LogP contribution in [0.5, 0.6) is 5.75 Å². The van der Waals surface area contributed by atoms with Crippen LogP contribution in [0.1, 0.15) is 22.3 Å². The fourth-order valence-electron chi connectivity index (χ4n) is 6.89. The molecule has 0 saturated heterocycles. The molecule has 1 aromatic heterocycles. The summed E-state index contributed by atoms with van der Waals surface area (Å²) in [6.07, 6.45) is 0.603. The van der Waals surface area contributed by atoms with Crippen molar-refractivity contribution in [2.45, 2.75) is 18.9 Å². The highest BCUT2D eigenvalue weighted by molar-refractivity contribution is 7.14. The number of hydrogen-bond acceptors (Lipinski definition) is 10. The van der Waals surface area contributed by atoms with Gasteiger partial charge >= 0.3 is 0 Å². The van der Waals surface area contributed by atoms with E-state index in [-0.39, 0.29) is 23.4 Å². The van der Waals surface area contributed by atoms with Crippen LogP contribution in [0, 0.1) is 29.6 Å². The van der Waals surface area contributed by atoms with Crippen LogP contribution in [-0.4, -0.2) is 64.2 Å². The third-order valence-electron chi connectivity index (χ3n) is 8.59. The van der Waals surface area contributed by atoms with E-state index >= 15 is 0 Å². The fraction of sp³-hybridized carbons (Fsp3) is 0.333. The average Bonchev–Trinajstić information content (AvgIpc) is 3.38. The molecule has 0 bridgehead atoms. The van der Waals surface area contributed by atoms with Gasteiger partial charge in [-0.25, -0.2) is 4.98 Å². The molecule has 2 saturated carbocycles. The molecule has 3 aromatic rings. The Kier molecular flexibility index (Phi) is 6.58. The standard InChI is InChI=1S/C30H28N4O6S/c1-34(2)23-16-11-15-10-14-8-9-17(32-30-33-18(12-41-30)13-6-4-3-5-7-13)24(35)19(14)25(36)20(15)26(37)21(16)27(38)22(28(23)39)29(31)40/h3-9,12,15-16,20-23,35H,10-11H2,1-2H3,(H2,31,40)(H,32,33)/t15?,16?,20?,21?,22?,23-/m0/s1. The Morgan fingerprint density at radius 2 is 1.76 bits per heavy atom. The zero-order valence-corrected chi connectivity index (χ0v) is 23.2.